The van der Waals surface area contributed by atoms with Crippen molar-refractivity contribution < 1.29 is 4.74 Å². The zero-order chi connectivity index (χ0) is 12.5. The fourth-order valence-corrected chi connectivity index (χ4v) is 1.84. The molecule has 1 unspecified atom stereocenters. The summed E-state index contributed by atoms with van der Waals surface area (Å²) >= 11 is 0. The zero-order valence-corrected chi connectivity index (χ0v) is 10.9. The van der Waals surface area contributed by atoms with Crippen molar-refractivity contribution in [3.8, 4) is 0 Å². The second kappa shape index (κ2) is 8.23. The van der Waals surface area contributed by atoms with Crippen molar-refractivity contribution in [2.75, 3.05) is 33.4 Å². The number of likely N-dealkylation sites (N-methyl/N-ethyl adjacent to an activating group) is 1. The number of hydrogen-bond acceptors (Lipinski definition) is 3. The minimum atomic E-state index is 0.132. The summed E-state index contributed by atoms with van der Waals surface area (Å²) < 4.78 is 5.09. The van der Waals surface area contributed by atoms with Crippen molar-refractivity contribution >= 4 is 0 Å². The molecule has 1 aromatic carbocycles. The summed E-state index contributed by atoms with van der Waals surface area (Å²) in [5.41, 5.74) is 7.39. The first-order valence-corrected chi connectivity index (χ1v) is 6.29. The van der Waals surface area contributed by atoms with Crippen LogP contribution in [0.2, 0.25) is 0 Å². The van der Waals surface area contributed by atoms with Crippen molar-refractivity contribution in [2.45, 2.75) is 19.4 Å². The molecular formula is C14H24N2O. The van der Waals surface area contributed by atoms with Crippen LogP contribution in [-0.2, 0) is 4.74 Å². The molecule has 0 aliphatic carbocycles. The summed E-state index contributed by atoms with van der Waals surface area (Å²) in [5.74, 6) is 0. The van der Waals surface area contributed by atoms with E-state index in [0.29, 0.717) is 0 Å². The Morgan fingerprint density at radius 2 is 1.94 bits per heavy atom. The standard InChI is InChI=1S/C14H24N2O/c1-3-16(11-12-17-2)10-9-14(15)13-7-5-4-6-8-13/h4-8,14H,3,9-12,15H2,1-2H3. The maximum atomic E-state index is 6.17. The maximum absolute atomic E-state index is 6.17. The van der Waals surface area contributed by atoms with Gasteiger partial charge in [0.25, 0.3) is 0 Å². The average molecular weight is 236 g/mol. The van der Waals surface area contributed by atoms with Gasteiger partial charge >= 0.3 is 0 Å². The van der Waals surface area contributed by atoms with Crippen molar-refractivity contribution in [3.05, 3.63) is 35.9 Å². The molecule has 1 rings (SSSR count). The highest BCUT2D eigenvalue weighted by Crippen LogP contribution is 2.13. The van der Waals surface area contributed by atoms with Gasteiger partial charge in [0.1, 0.15) is 0 Å². The molecule has 0 aliphatic heterocycles. The second-order valence-corrected chi connectivity index (χ2v) is 4.23. The first kappa shape index (κ1) is 14.2. The molecule has 0 fully saturated rings. The van der Waals surface area contributed by atoms with Crippen molar-refractivity contribution in [1.82, 2.24) is 4.90 Å². The van der Waals surface area contributed by atoms with E-state index in [1.807, 2.05) is 18.2 Å². The summed E-state index contributed by atoms with van der Waals surface area (Å²) in [6, 6.07) is 10.4. The van der Waals surface area contributed by atoms with Crippen LogP contribution in [0.5, 0.6) is 0 Å². The smallest absolute Gasteiger partial charge is 0.0589 e. The van der Waals surface area contributed by atoms with Crippen molar-refractivity contribution in [3.63, 3.8) is 0 Å². The Labute approximate surface area is 105 Å². The topological polar surface area (TPSA) is 38.5 Å². The Kier molecular flexibility index (Phi) is 6.86. The summed E-state index contributed by atoms with van der Waals surface area (Å²) in [6.07, 6.45) is 0.988. The van der Waals surface area contributed by atoms with Crippen LogP contribution in [-0.4, -0.2) is 38.3 Å². The largest absolute Gasteiger partial charge is 0.383 e. The fourth-order valence-electron chi connectivity index (χ4n) is 1.84. The van der Waals surface area contributed by atoms with Gasteiger partial charge < -0.3 is 15.4 Å². The number of rotatable bonds is 8. The number of methoxy groups -OCH3 is 1. The Hall–Kier alpha value is -0.900. The third-order valence-corrected chi connectivity index (χ3v) is 3.04. The summed E-state index contributed by atoms with van der Waals surface area (Å²) in [4.78, 5) is 2.37. The molecule has 0 amide bonds. The van der Waals surface area contributed by atoms with Gasteiger partial charge in [-0.05, 0) is 18.5 Å². The van der Waals surface area contributed by atoms with E-state index in [9.17, 15) is 0 Å². The van der Waals surface area contributed by atoms with E-state index in [4.69, 9.17) is 10.5 Å². The molecule has 0 radical (unpaired) electrons. The van der Waals surface area contributed by atoms with Crippen LogP contribution in [0.4, 0.5) is 0 Å². The number of benzene rings is 1. The van der Waals surface area contributed by atoms with Gasteiger partial charge in [-0.3, -0.25) is 0 Å². The van der Waals surface area contributed by atoms with E-state index in [-0.39, 0.29) is 6.04 Å². The Morgan fingerprint density at radius 1 is 1.24 bits per heavy atom. The van der Waals surface area contributed by atoms with E-state index in [1.54, 1.807) is 7.11 Å². The molecule has 3 nitrogen and oxygen atoms in total. The Balaban J connectivity index is 2.33. The van der Waals surface area contributed by atoms with Crippen LogP contribution in [0.15, 0.2) is 30.3 Å². The van der Waals surface area contributed by atoms with Gasteiger partial charge in [0.05, 0.1) is 6.61 Å². The normalized spacial score (nSPS) is 12.9. The fraction of sp³-hybridized carbons (Fsp3) is 0.571. The predicted octanol–water partition coefficient (Wildman–Crippen LogP) is 2.04. The molecule has 0 aromatic heterocycles. The Morgan fingerprint density at radius 3 is 2.53 bits per heavy atom. The van der Waals surface area contributed by atoms with E-state index in [1.165, 1.54) is 5.56 Å². The molecule has 0 heterocycles. The zero-order valence-electron chi connectivity index (χ0n) is 10.9. The van der Waals surface area contributed by atoms with Gasteiger partial charge in [0.2, 0.25) is 0 Å². The molecular weight excluding hydrogens is 212 g/mol. The van der Waals surface area contributed by atoms with Gasteiger partial charge in [-0.2, -0.15) is 0 Å². The maximum Gasteiger partial charge on any atom is 0.0589 e. The molecule has 1 atom stereocenters. The first-order chi connectivity index (χ1) is 8.27. The summed E-state index contributed by atoms with van der Waals surface area (Å²) in [5, 5.41) is 0. The number of nitrogens with two attached hydrogens (primary N) is 1. The van der Waals surface area contributed by atoms with Gasteiger partial charge in [-0.25, -0.2) is 0 Å². The quantitative estimate of drug-likeness (QED) is 0.750. The lowest BCUT2D eigenvalue weighted by Crippen LogP contribution is -2.30. The van der Waals surface area contributed by atoms with Crippen LogP contribution >= 0.6 is 0 Å². The van der Waals surface area contributed by atoms with E-state index in [2.05, 4.69) is 24.0 Å². The molecule has 3 heteroatoms. The SMILES string of the molecule is CCN(CCOC)CCC(N)c1ccccc1. The number of hydrogen-bond donors (Lipinski definition) is 1. The van der Waals surface area contributed by atoms with Crippen LogP contribution in [0, 0.1) is 0 Å². The second-order valence-electron chi connectivity index (χ2n) is 4.23. The van der Waals surface area contributed by atoms with Crippen LogP contribution in [0.25, 0.3) is 0 Å². The van der Waals surface area contributed by atoms with Gasteiger partial charge in [-0.15, -0.1) is 0 Å². The predicted molar refractivity (Wildman–Crippen MR) is 72.0 cm³/mol. The van der Waals surface area contributed by atoms with E-state index < -0.39 is 0 Å². The molecule has 17 heavy (non-hydrogen) atoms. The van der Waals surface area contributed by atoms with Crippen LogP contribution in [0.3, 0.4) is 0 Å². The van der Waals surface area contributed by atoms with Crippen LogP contribution in [0.1, 0.15) is 24.9 Å². The first-order valence-electron chi connectivity index (χ1n) is 6.29. The highest BCUT2D eigenvalue weighted by molar-refractivity contribution is 5.18. The monoisotopic (exact) mass is 236 g/mol. The lowest BCUT2D eigenvalue weighted by atomic mass is 10.0. The average Bonchev–Trinajstić information content (AvgIpc) is 2.39. The highest BCUT2D eigenvalue weighted by Gasteiger charge is 2.08. The lowest BCUT2D eigenvalue weighted by Gasteiger charge is -2.22. The molecule has 0 spiro atoms. The highest BCUT2D eigenvalue weighted by atomic mass is 16.5. The number of ether oxygens (including phenoxy) is 1. The summed E-state index contributed by atoms with van der Waals surface area (Å²) in [7, 11) is 1.74. The van der Waals surface area contributed by atoms with Gasteiger partial charge in [0, 0.05) is 26.2 Å². The third kappa shape index (κ3) is 5.31. The Bertz CT molecular complexity index is 290. The van der Waals surface area contributed by atoms with Crippen molar-refractivity contribution in [2.24, 2.45) is 5.73 Å². The molecule has 96 valence electrons. The molecule has 2 N–H and O–H groups in total. The van der Waals surface area contributed by atoms with Crippen molar-refractivity contribution in [1.29, 1.82) is 0 Å². The molecule has 1 aromatic rings. The van der Waals surface area contributed by atoms with Crippen LogP contribution < -0.4 is 5.73 Å². The summed E-state index contributed by atoms with van der Waals surface area (Å²) in [6.45, 7) is 6.01. The minimum absolute atomic E-state index is 0.132. The molecule has 0 saturated carbocycles. The van der Waals surface area contributed by atoms with E-state index in [0.717, 1.165) is 32.7 Å². The molecule has 0 saturated heterocycles. The van der Waals surface area contributed by atoms with E-state index >= 15 is 0 Å². The lowest BCUT2D eigenvalue weighted by molar-refractivity contribution is 0.149. The molecule has 0 bridgehead atoms. The minimum Gasteiger partial charge on any atom is -0.383 e. The molecule has 0 aliphatic rings. The number of nitrogens with zero attached hydrogens (tertiary/aromatic N) is 1. The van der Waals surface area contributed by atoms with Gasteiger partial charge in [-0.1, -0.05) is 37.3 Å². The third-order valence-electron chi connectivity index (χ3n) is 3.04. The van der Waals surface area contributed by atoms with Gasteiger partial charge in [0.15, 0.2) is 0 Å².